The highest BCUT2D eigenvalue weighted by Crippen LogP contribution is 2.28. The molecule has 118 valence electrons. The van der Waals surface area contributed by atoms with Gasteiger partial charge in [-0.25, -0.2) is 8.42 Å². The molecule has 1 aromatic carbocycles. The standard InChI is InChI=1S/C17H16N2O3S/c1-12-5-7-14(17-8-6-13(2)22-17)10-16(12)19-23(20,21)15-4-3-9-18-11-15/h3-11,19H,1-2H3. The number of furan rings is 1. The molecule has 0 unspecified atom stereocenters. The highest BCUT2D eigenvalue weighted by molar-refractivity contribution is 7.92. The minimum absolute atomic E-state index is 0.124. The van der Waals surface area contributed by atoms with Gasteiger partial charge in [0.25, 0.3) is 10.0 Å². The molecule has 3 rings (SSSR count). The first kappa shape index (κ1) is 15.3. The van der Waals surface area contributed by atoms with Crippen molar-refractivity contribution >= 4 is 15.7 Å². The van der Waals surface area contributed by atoms with Crippen molar-refractivity contribution in [1.82, 2.24) is 4.98 Å². The van der Waals surface area contributed by atoms with E-state index < -0.39 is 10.0 Å². The summed E-state index contributed by atoms with van der Waals surface area (Å²) < 4.78 is 33.1. The van der Waals surface area contributed by atoms with Crippen LogP contribution in [-0.2, 0) is 10.0 Å². The predicted octanol–water partition coefficient (Wildman–Crippen LogP) is 3.76. The van der Waals surface area contributed by atoms with Crippen molar-refractivity contribution in [1.29, 1.82) is 0 Å². The van der Waals surface area contributed by atoms with E-state index in [4.69, 9.17) is 4.42 Å². The number of pyridine rings is 1. The summed E-state index contributed by atoms with van der Waals surface area (Å²) in [6.07, 6.45) is 2.85. The lowest BCUT2D eigenvalue weighted by molar-refractivity contribution is 0.548. The first-order valence-corrected chi connectivity index (χ1v) is 8.54. The van der Waals surface area contributed by atoms with Gasteiger partial charge in [-0.15, -0.1) is 0 Å². The fourth-order valence-electron chi connectivity index (χ4n) is 2.18. The maximum absolute atomic E-state index is 12.4. The summed E-state index contributed by atoms with van der Waals surface area (Å²) in [4.78, 5) is 3.97. The molecular formula is C17H16N2O3S. The van der Waals surface area contributed by atoms with Crippen molar-refractivity contribution in [3.05, 3.63) is 66.2 Å². The van der Waals surface area contributed by atoms with Gasteiger partial charge in [0.1, 0.15) is 16.4 Å². The predicted molar refractivity (Wildman–Crippen MR) is 88.7 cm³/mol. The molecule has 6 heteroatoms. The van der Waals surface area contributed by atoms with E-state index in [0.717, 1.165) is 16.9 Å². The Morgan fingerprint density at radius 1 is 1.09 bits per heavy atom. The number of hydrogen-bond donors (Lipinski definition) is 1. The molecule has 3 aromatic rings. The fourth-order valence-corrected chi connectivity index (χ4v) is 3.27. The fraction of sp³-hybridized carbons (Fsp3) is 0.118. The Hall–Kier alpha value is -2.60. The van der Waals surface area contributed by atoms with Gasteiger partial charge in [0, 0.05) is 18.0 Å². The number of anilines is 1. The average Bonchev–Trinajstić information content (AvgIpc) is 2.97. The molecule has 0 aliphatic rings. The number of rotatable bonds is 4. The van der Waals surface area contributed by atoms with Gasteiger partial charge in [-0.05, 0) is 49.7 Å². The Labute approximate surface area is 135 Å². The second-order valence-electron chi connectivity index (χ2n) is 5.23. The zero-order valence-electron chi connectivity index (χ0n) is 12.8. The van der Waals surface area contributed by atoms with Gasteiger partial charge >= 0.3 is 0 Å². The third-order valence-electron chi connectivity index (χ3n) is 3.45. The van der Waals surface area contributed by atoms with Crippen molar-refractivity contribution in [3.63, 3.8) is 0 Å². The van der Waals surface area contributed by atoms with E-state index in [1.165, 1.54) is 18.5 Å². The zero-order valence-corrected chi connectivity index (χ0v) is 13.6. The second-order valence-corrected chi connectivity index (χ2v) is 6.92. The Morgan fingerprint density at radius 2 is 1.91 bits per heavy atom. The van der Waals surface area contributed by atoms with Gasteiger partial charge in [-0.3, -0.25) is 9.71 Å². The van der Waals surface area contributed by atoms with E-state index in [-0.39, 0.29) is 4.90 Å². The van der Waals surface area contributed by atoms with Crippen LogP contribution in [0.1, 0.15) is 11.3 Å². The number of sulfonamides is 1. The van der Waals surface area contributed by atoms with Crippen molar-refractivity contribution in [3.8, 4) is 11.3 Å². The van der Waals surface area contributed by atoms with Crippen LogP contribution in [0.5, 0.6) is 0 Å². The van der Waals surface area contributed by atoms with E-state index in [1.807, 2.05) is 38.1 Å². The van der Waals surface area contributed by atoms with E-state index in [0.29, 0.717) is 11.4 Å². The van der Waals surface area contributed by atoms with Gasteiger partial charge in [-0.2, -0.15) is 0 Å². The molecule has 2 heterocycles. The van der Waals surface area contributed by atoms with E-state index in [9.17, 15) is 8.42 Å². The molecule has 0 bridgehead atoms. The van der Waals surface area contributed by atoms with Crippen LogP contribution in [0, 0.1) is 13.8 Å². The minimum Gasteiger partial charge on any atom is -0.461 e. The number of aromatic nitrogens is 1. The molecule has 1 N–H and O–H groups in total. The molecule has 2 aromatic heterocycles. The highest BCUT2D eigenvalue weighted by atomic mass is 32.2. The Morgan fingerprint density at radius 3 is 2.57 bits per heavy atom. The maximum atomic E-state index is 12.4. The van der Waals surface area contributed by atoms with E-state index in [1.54, 1.807) is 12.1 Å². The first-order valence-electron chi connectivity index (χ1n) is 7.06. The monoisotopic (exact) mass is 328 g/mol. The number of nitrogens with one attached hydrogen (secondary N) is 1. The molecule has 0 radical (unpaired) electrons. The van der Waals surface area contributed by atoms with E-state index >= 15 is 0 Å². The molecule has 0 spiro atoms. The first-order chi connectivity index (χ1) is 11.0. The Bertz CT molecular complexity index is 931. The molecular weight excluding hydrogens is 312 g/mol. The van der Waals surface area contributed by atoms with Crippen LogP contribution in [0.2, 0.25) is 0 Å². The lowest BCUT2D eigenvalue weighted by atomic mass is 10.1. The van der Waals surface area contributed by atoms with Gasteiger partial charge in [0.05, 0.1) is 5.69 Å². The van der Waals surface area contributed by atoms with Gasteiger partial charge in [0.2, 0.25) is 0 Å². The molecule has 0 amide bonds. The van der Waals surface area contributed by atoms with Crippen molar-refractivity contribution < 1.29 is 12.8 Å². The lowest BCUT2D eigenvalue weighted by Crippen LogP contribution is -2.14. The van der Waals surface area contributed by atoms with Crippen LogP contribution in [0.4, 0.5) is 5.69 Å². The summed E-state index contributed by atoms with van der Waals surface area (Å²) in [5.41, 5.74) is 2.15. The van der Waals surface area contributed by atoms with Gasteiger partial charge in [-0.1, -0.05) is 12.1 Å². The molecule has 0 aliphatic heterocycles. The molecule has 0 atom stereocenters. The number of hydrogen-bond acceptors (Lipinski definition) is 4. The average molecular weight is 328 g/mol. The largest absolute Gasteiger partial charge is 0.461 e. The van der Waals surface area contributed by atoms with Crippen molar-refractivity contribution in [2.75, 3.05) is 4.72 Å². The number of nitrogens with zero attached hydrogens (tertiary/aromatic N) is 1. The van der Waals surface area contributed by atoms with Gasteiger partial charge in [0.15, 0.2) is 0 Å². The second kappa shape index (κ2) is 5.89. The molecule has 0 fully saturated rings. The summed E-state index contributed by atoms with van der Waals surface area (Å²) in [7, 11) is -3.67. The number of benzene rings is 1. The zero-order chi connectivity index (χ0) is 16.4. The van der Waals surface area contributed by atoms with Crippen molar-refractivity contribution in [2.24, 2.45) is 0 Å². The van der Waals surface area contributed by atoms with E-state index in [2.05, 4.69) is 9.71 Å². The summed E-state index contributed by atoms with van der Waals surface area (Å²) in [5, 5.41) is 0. The van der Waals surface area contributed by atoms with Crippen molar-refractivity contribution in [2.45, 2.75) is 18.7 Å². The summed E-state index contributed by atoms with van der Waals surface area (Å²) >= 11 is 0. The topological polar surface area (TPSA) is 72.2 Å². The smallest absolute Gasteiger partial charge is 0.263 e. The Kier molecular flexibility index (Phi) is 3.92. The van der Waals surface area contributed by atoms with Crippen LogP contribution >= 0.6 is 0 Å². The molecule has 0 aliphatic carbocycles. The Balaban J connectivity index is 1.97. The molecule has 0 saturated carbocycles. The molecule has 0 saturated heterocycles. The third-order valence-corrected chi connectivity index (χ3v) is 4.80. The SMILES string of the molecule is Cc1ccc(-c2ccc(C)c(NS(=O)(=O)c3cccnc3)c2)o1. The van der Waals surface area contributed by atoms with Crippen LogP contribution in [-0.4, -0.2) is 13.4 Å². The normalized spacial score (nSPS) is 11.4. The molecule has 5 nitrogen and oxygen atoms in total. The quantitative estimate of drug-likeness (QED) is 0.791. The van der Waals surface area contributed by atoms with Crippen LogP contribution in [0.15, 0.2) is 64.2 Å². The lowest BCUT2D eigenvalue weighted by Gasteiger charge is -2.11. The summed E-state index contributed by atoms with van der Waals surface area (Å²) in [6, 6.07) is 12.3. The molecule has 23 heavy (non-hydrogen) atoms. The summed E-state index contributed by atoms with van der Waals surface area (Å²) in [6.45, 7) is 3.71. The van der Waals surface area contributed by atoms with Crippen LogP contribution in [0.25, 0.3) is 11.3 Å². The maximum Gasteiger partial charge on any atom is 0.263 e. The highest BCUT2D eigenvalue weighted by Gasteiger charge is 2.16. The van der Waals surface area contributed by atoms with Crippen LogP contribution < -0.4 is 4.72 Å². The number of aryl methyl sites for hydroxylation is 2. The third kappa shape index (κ3) is 3.27. The minimum atomic E-state index is -3.67. The summed E-state index contributed by atoms with van der Waals surface area (Å²) in [5.74, 6) is 1.50. The van der Waals surface area contributed by atoms with Gasteiger partial charge < -0.3 is 4.42 Å². The van der Waals surface area contributed by atoms with Crippen LogP contribution in [0.3, 0.4) is 0 Å².